The Morgan fingerprint density at radius 1 is 1.29 bits per heavy atom. The van der Waals surface area contributed by atoms with Gasteiger partial charge in [0.25, 0.3) is 5.91 Å². The smallest absolute Gasteiger partial charge is 0.257 e. The molecule has 0 bridgehead atoms. The molecular weight excluding hydrogens is 344 g/mol. The maximum absolute atomic E-state index is 12.4. The molecule has 124 valence electrons. The summed E-state index contributed by atoms with van der Waals surface area (Å²) >= 11 is 1.39. The van der Waals surface area contributed by atoms with Crippen molar-refractivity contribution in [1.29, 1.82) is 0 Å². The summed E-state index contributed by atoms with van der Waals surface area (Å²) in [6.45, 7) is 0. The van der Waals surface area contributed by atoms with Crippen LogP contribution in [-0.2, 0) is 16.6 Å². The molecule has 1 N–H and O–H groups in total. The van der Waals surface area contributed by atoms with Gasteiger partial charge in [-0.25, -0.2) is 4.98 Å². The van der Waals surface area contributed by atoms with Crippen molar-refractivity contribution in [2.45, 2.75) is 5.75 Å². The fourth-order valence-corrected chi connectivity index (χ4v) is 3.83. The summed E-state index contributed by atoms with van der Waals surface area (Å²) in [6, 6.07) is 12.7. The van der Waals surface area contributed by atoms with Crippen LogP contribution < -0.4 is 10.1 Å². The van der Waals surface area contributed by atoms with Gasteiger partial charge in [0.15, 0.2) is 5.13 Å². The van der Waals surface area contributed by atoms with Crippen molar-refractivity contribution >= 4 is 43.4 Å². The average Bonchev–Trinajstić information content (AvgIpc) is 2.95. The van der Waals surface area contributed by atoms with Gasteiger partial charge in [0, 0.05) is 28.4 Å². The zero-order valence-electron chi connectivity index (χ0n) is 13.2. The predicted octanol–water partition coefficient (Wildman–Crippen LogP) is 3.44. The average molecular weight is 360 g/mol. The van der Waals surface area contributed by atoms with Crippen LogP contribution in [0.5, 0.6) is 5.75 Å². The largest absolute Gasteiger partial charge is 0.497 e. The summed E-state index contributed by atoms with van der Waals surface area (Å²) in [5.74, 6) is 0.955. The highest BCUT2D eigenvalue weighted by Crippen LogP contribution is 2.29. The molecule has 0 fully saturated rings. The Morgan fingerprint density at radius 2 is 2.12 bits per heavy atom. The highest BCUT2D eigenvalue weighted by atomic mass is 32.2. The fraction of sp³-hybridized carbons (Fsp3) is 0.176. The monoisotopic (exact) mass is 360 g/mol. The topological polar surface area (TPSA) is 68.3 Å². The second kappa shape index (κ2) is 7.11. The summed E-state index contributed by atoms with van der Waals surface area (Å²) in [7, 11) is 0.669. The Balaban J connectivity index is 1.80. The van der Waals surface area contributed by atoms with E-state index < -0.39 is 10.8 Å². The Kier molecular flexibility index (Phi) is 4.92. The third-order valence-electron chi connectivity index (χ3n) is 3.38. The number of amides is 1. The van der Waals surface area contributed by atoms with Crippen LogP contribution in [0.15, 0.2) is 42.5 Å². The molecule has 2 aromatic carbocycles. The molecule has 1 heterocycles. The molecule has 3 aromatic rings. The molecule has 3 rings (SSSR count). The number of fused-ring (bicyclic) bond motifs is 1. The molecule has 0 spiro atoms. The lowest BCUT2D eigenvalue weighted by atomic mass is 10.1. The van der Waals surface area contributed by atoms with Crippen molar-refractivity contribution in [1.82, 2.24) is 4.98 Å². The first-order valence-corrected chi connectivity index (χ1v) is 9.74. The van der Waals surface area contributed by atoms with Crippen molar-refractivity contribution in [2.75, 3.05) is 18.7 Å². The van der Waals surface area contributed by atoms with E-state index in [1.807, 2.05) is 24.3 Å². The van der Waals surface area contributed by atoms with Gasteiger partial charge < -0.3 is 4.74 Å². The van der Waals surface area contributed by atoms with Gasteiger partial charge in [0.05, 0.1) is 17.3 Å². The number of carbonyl (C=O) groups is 1. The molecule has 0 aliphatic heterocycles. The molecule has 5 nitrogen and oxygen atoms in total. The number of methoxy groups -OCH3 is 1. The first-order chi connectivity index (χ1) is 11.5. The predicted molar refractivity (Wildman–Crippen MR) is 98.3 cm³/mol. The summed E-state index contributed by atoms with van der Waals surface area (Å²) in [5, 5.41) is 3.35. The van der Waals surface area contributed by atoms with Crippen LogP contribution in [0.3, 0.4) is 0 Å². The standard InChI is InChI=1S/C17H16N2O3S2/c1-22-13-6-7-14-15(9-13)23-17(18-14)19-16(20)12-5-3-4-11(8-12)10-24(2)21/h3-9H,10H2,1-2H3,(H,18,19,20). The summed E-state index contributed by atoms with van der Waals surface area (Å²) in [5.41, 5.74) is 2.21. The number of ether oxygens (including phenoxy) is 1. The van der Waals surface area contributed by atoms with E-state index in [0.29, 0.717) is 16.4 Å². The van der Waals surface area contributed by atoms with E-state index in [9.17, 15) is 9.00 Å². The molecule has 1 amide bonds. The van der Waals surface area contributed by atoms with Gasteiger partial charge in [-0.05, 0) is 35.9 Å². The first kappa shape index (κ1) is 16.6. The second-order valence-electron chi connectivity index (χ2n) is 5.22. The molecule has 0 aliphatic rings. The Morgan fingerprint density at radius 3 is 2.88 bits per heavy atom. The minimum absolute atomic E-state index is 0.232. The lowest BCUT2D eigenvalue weighted by Crippen LogP contribution is -2.12. The van der Waals surface area contributed by atoms with Gasteiger partial charge in [-0.3, -0.25) is 14.3 Å². The number of carbonyl (C=O) groups excluding carboxylic acids is 1. The molecule has 0 saturated heterocycles. The normalized spacial score (nSPS) is 12.1. The van der Waals surface area contributed by atoms with Crippen LogP contribution in [-0.4, -0.2) is 28.5 Å². The number of aromatic nitrogens is 1. The first-order valence-electron chi connectivity index (χ1n) is 7.20. The number of rotatable bonds is 5. The van der Waals surface area contributed by atoms with E-state index in [1.165, 1.54) is 11.3 Å². The molecular formula is C17H16N2O3S2. The van der Waals surface area contributed by atoms with Crippen molar-refractivity contribution in [3.05, 3.63) is 53.6 Å². The van der Waals surface area contributed by atoms with E-state index in [2.05, 4.69) is 10.3 Å². The van der Waals surface area contributed by atoms with E-state index in [1.54, 1.807) is 31.6 Å². The third kappa shape index (κ3) is 3.80. The maximum Gasteiger partial charge on any atom is 0.257 e. The number of nitrogens with zero attached hydrogens (tertiary/aromatic N) is 1. The summed E-state index contributed by atoms with van der Waals surface area (Å²) < 4.78 is 17.5. The Hall–Kier alpha value is -2.25. The number of anilines is 1. The lowest BCUT2D eigenvalue weighted by Gasteiger charge is -2.04. The van der Waals surface area contributed by atoms with Crippen LogP contribution in [0.25, 0.3) is 10.2 Å². The molecule has 0 radical (unpaired) electrons. The van der Waals surface area contributed by atoms with Gasteiger partial charge in [-0.2, -0.15) is 0 Å². The second-order valence-corrected chi connectivity index (χ2v) is 7.69. The van der Waals surface area contributed by atoms with E-state index in [-0.39, 0.29) is 5.91 Å². The molecule has 0 saturated carbocycles. The van der Waals surface area contributed by atoms with Gasteiger partial charge in [-0.15, -0.1) is 0 Å². The lowest BCUT2D eigenvalue weighted by molar-refractivity contribution is 0.102. The van der Waals surface area contributed by atoms with Crippen LogP contribution in [0.4, 0.5) is 5.13 Å². The number of thiazole rings is 1. The Labute approximate surface area is 146 Å². The van der Waals surface area contributed by atoms with Crippen LogP contribution in [0.2, 0.25) is 0 Å². The quantitative estimate of drug-likeness (QED) is 0.757. The Bertz CT molecular complexity index is 921. The van der Waals surface area contributed by atoms with Gasteiger partial charge in [-0.1, -0.05) is 23.5 Å². The van der Waals surface area contributed by atoms with Crippen molar-refractivity contribution in [3.8, 4) is 5.75 Å². The fourth-order valence-electron chi connectivity index (χ4n) is 2.29. The zero-order valence-corrected chi connectivity index (χ0v) is 14.9. The highest BCUT2D eigenvalue weighted by molar-refractivity contribution is 7.83. The molecule has 7 heteroatoms. The third-order valence-corrected chi connectivity index (χ3v) is 5.05. The minimum atomic E-state index is -0.944. The van der Waals surface area contributed by atoms with E-state index >= 15 is 0 Å². The van der Waals surface area contributed by atoms with Crippen LogP contribution in [0, 0.1) is 0 Å². The van der Waals surface area contributed by atoms with Crippen molar-refractivity contribution in [2.24, 2.45) is 0 Å². The molecule has 24 heavy (non-hydrogen) atoms. The number of hydrogen-bond acceptors (Lipinski definition) is 5. The minimum Gasteiger partial charge on any atom is -0.497 e. The number of nitrogens with one attached hydrogen (secondary N) is 1. The number of hydrogen-bond donors (Lipinski definition) is 1. The highest BCUT2D eigenvalue weighted by Gasteiger charge is 2.11. The van der Waals surface area contributed by atoms with Crippen molar-refractivity contribution < 1.29 is 13.7 Å². The summed E-state index contributed by atoms with van der Waals surface area (Å²) in [6.07, 6.45) is 1.64. The summed E-state index contributed by atoms with van der Waals surface area (Å²) in [4.78, 5) is 16.8. The molecule has 1 atom stereocenters. The van der Waals surface area contributed by atoms with Gasteiger partial charge >= 0.3 is 0 Å². The molecule has 1 aromatic heterocycles. The van der Waals surface area contributed by atoms with Gasteiger partial charge in [0.2, 0.25) is 0 Å². The SMILES string of the molecule is COc1ccc2nc(NC(=O)c3cccc(CS(C)=O)c3)sc2c1. The molecule has 1 unspecified atom stereocenters. The van der Waals surface area contributed by atoms with E-state index in [4.69, 9.17) is 4.74 Å². The van der Waals surface area contributed by atoms with Crippen molar-refractivity contribution in [3.63, 3.8) is 0 Å². The zero-order chi connectivity index (χ0) is 17.1. The van der Waals surface area contributed by atoms with Crippen LogP contribution >= 0.6 is 11.3 Å². The van der Waals surface area contributed by atoms with Gasteiger partial charge in [0.1, 0.15) is 5.75 Å². The maximum atomic E-state index is 12.4. The van der Waals surface area contributed by atoms with Crippen LogP contribution in [0.1, 0.15) is 15.9 Å². The molecule has 0 aliphatic carbocycles. The van der Waals surface area contributed by atoms with E-state index in [0.717, 1.165) is 21.5 Å². The number of benzene rings is 2.